The summed E-state index contributed by atoms with van der Waals surface area (Å²) in [5, 5.41) is 11.9. The smallest absolute Gasteiger partial charge is 0.301 e. The highest BCUT2D eigenvalue weighted by atomic mass is 32.1. The predicted octanol–water partition coefficient (Wildman–Crippen LogP) is 6.38. The van der Waals surface area contributed by atoms with E-state index in [4.69, 9.17) is 14.5 Å². The molecule has 0 saturated carbocycles. The number of amides is 1. The Morgan fingerprint density at radius 2 is 1.87 bits per heavy atom. The summed E-state index contributed by atoms with van der Waals surface area (Å²) in [4.78, 5) is 33.3. The third-order valence-electron chi connectivity index (χ3n) is 7.32. The van der Waals surface area contributed by atoms with Crippen LogP contribution >= 0.6 is 11.3 Å². The Kier molecular flexibility index (Phi) is 6.14. The lowest BCUT2D eigenvalue weighted by molar-refractivity contribution is -0.132. The Morgan fingerprint density at radius 3 is 2.59 bits per heavy atom. The van der Waals surface area contributed by atoms with Gasteiger partial charge in [-0.05, 0) is 65.9 Å². The van der Waals surface area contributed by atoms with Crippen molar-refractivity contribution in [2.24, 2.45) is 0 Å². The molecule has 2 aliphatic rings. The average Bonchev–Trinajstić information content (AvgIpc) is 3.59. The van der Waals surface area contributed by atoms with Crippen LogP contribution in [0.25, 0.3) is 16.0 Å². The van der Waals surface area contributed by atoms with Crippen LogP contribution < -0.4 is 14.4 Å². The third kappa shape index (κ3) is 4.25. The highest BCUT2D eigenvalue weighted by molar-refractivity contribution is 7.22. The summed E-state index contributed by atoms with van der Waals surface area (Å²) >= 11 is 1.30. The van der Waals surface area contributed by atoms with Gasteiger partial charge in [0, 0.05) is 12.0 Å². The number of methoxy groups -OCH3 is 1. The number of hydrogen-bond acceptors (Lipinski definition) is 7. The van der Waals surface area contributed by atoms with E-state index >= 15 is 0 Å². The number of ketones is 1. The first-order chi connectivity index (χ1) is 18.7. The van der Waals surface area contributed by atoms with Gasteiger partial charge in [0.05, 0.1) is 28.9 Å². The molecule has 1 amide bonds. The van der Waals surface area contributed by atoms with Crippen LogP contribution in [-0.2, 0) is 16.0 Å². The average molecular weight is 541 g/mol. The molecule has 0 bridgehead atoms. The zero-order valence-electron chi connectivity index (χ0n) is 22.1. The fourth-order valence-electron chi connectivity index (χ4n) is 5.26. The van der Waals surface area contributed by atoms with Crippen LogP contribution in [-0.4, -0.2) is 35.0 Å². The quantitative estimate of drug-likeness (QED) is 0.180. The van der Waals surface area contributed by atoms with Gasteiger partial charge in [0.25, 0.3) is 5.78 Å². The molecule has 1 fully saturated rings. The fourth-order valence-corrected chi connectivity index (χ4v) is 6.28. The van der Waals surface area contributed by atoms with Crippen molar-refractivity contribution in [3.05, 3.63) is 88.5 Å². The number of ether oxygens (including phenoxy) is 2. The predicted molar refractivity (Wildman–Crippen MR) is 152 cm³/mol. The normalized spacial score (nSPS) is 20.1. The maximum absolute atomic E-state index is 13.6. The van der Waals surface area contributed by atoms with Crippen LogP contribution in [0.5, 0.6) is 11.5 Å². The lowest BCUT2D eigenvalue weighted by Crippen LogP contribution is -2.29. The molecule has 3 aromatic carbocycles. The Balaban J connectivity index is 1.52. The van der Waals surface area contributed by atoms with Crippen molar-refractivity contribution < 1.29 is 24.2 Å². The minimum atomic E-state index is -0.836. The van der Waals surface area contributed by atoms with Gasteiger partial charge in [-0.15, -0.1) is 0 Å². The number of rotatable bonds is 5. The van der Waals surface area contributed by atoms with Crippen LogP contribution in [0.15, 0.2) is 66.2 Å². The summed E-state index contributed by atoms with van der Waals surface area (Å²) in [6, 6.07) is 17.8. The number of anilines is 1. The summed E-state index contributed by atoms with van der Waals surface area (Å²) in [6.07, 6.45) is 0.750. The number of aliphatic hydroxyl groups is 1. The van der Waals surface area contributed by atoms with Gasteiger partial charge in [0.2, 0.25) is 0 Å². The molecule has 1 aromatic heterocycles. The summed E-state index contributed by atoms with van der Waals surface area (Å²) in [7, 11) is 1.59. The Morgan fingerprint density at radius 1 is 1.10 bits per heavy atom. The van der Waals surface area contributed by atoms with Crippen molar-refractivity contribution in [3.8, 4) is 11.5 Å². The van der Waals surface area contributed by atoms with Gasteiger partial charge < -0.3 is 14.6 Å². The second-order valence-electron chi connectivity index (χ2n) is 10.3. The van der Waals surface area contributed by atoms with Crippen molar-refractivity contribution in [3.63, 3.8) is 0 Å². The minimum Gasteiger partial charge on any atom is -0.507 e. The number of fused-ring (bicyclic) bond motifs is 2. The van der Waals surface area contributed by atoms with E-state index in [0.717, 1.165) is 27.1 Å². The molecule has 6 rings (SSSR count). The van der Waals surface area contributed by atoms with Gasteiger partial charge in [-0.1, -0.05) is 49.4 Å². The van der Waals surface area contributed by atoms with E-state index in [0.29, 0.717) is 34.3 Å². The highest BCUT2D eigenvalue weighted by Gasteiger charge is 2.48. The lowest BCUT2D eigenvalue weighted by atomic mass is 9.93. The van der Waals surface area contributed by atoms with Crippen molar-refractivity contribution in [1.29, 1.82) is 0 Å². The van der Waals surface area contributed by atoms with E-state index in [1.807, 2.05) is 49.4 Å². The maximum Gasteiger partial charge on any atom is 0.301 e. The van der Waals surface area contributed by atoms with E-state index in [1.165, 1.54) is 16.2 Å². The van der Waals surface area contributed by atoms with Crippen molar-refractivity contribution in [2.45, 2.75) is 45.3 Å². The Hall–Kier alpha value is -4.17. The first kappa shape index (κ1) is 25.1. The van der Waals surface area contributed by atoms with Gasteiger partial charge >= 0.3 is 5.91 Å². The van der Waals surface area contributed by atoms with E-state index in [2.05, 4.69) is 13.8 Å². The summed E-state index contributed by atoms with van der Waals surface area (Å²) in [6.45, 7) is 6.20. The maximum atomic E-state index is 13.6. The monoisotopic (exact) mass is 540 g/mol. The summed E-state index contributed by atoms with van der Waals surface area (Å²) in [5.74, 6) is 0.0892. The number of carbonyl (C=O) groups is 2. The van der Waals surface area contributed by atoms with E-state index in [9.17, 15) is 14.7 Å². The minimum absolute atomic E-state index is 0.0418. The number of nitrogens with zero attached hydrogens (tertiary/aromatic N) is 2. The molecule has 2 aliphatic heterocycles. The Labute approximate surface area is 230 Å². The molecule has 0 unspecified atom stereocenters. The van der Waals surface area contributed by atoms with Crippen molar-refractivity contribution >= 4 is 44.1 Å². The van der Waals surface area contributed by atoms with E-state index in [1.54, 1.807) is 25.3 Å². The first-order valence-electron chi connectivity index (χ1n) is 12.9. The zero-order valence-corrected chi connectivity index (χ0v) is 22.9. The van der Waals surface area contributed by atoms with Gasteiger partial charge in [0.1, 0.15) is 23.4 Å². The molecule has 7 nitrogen and oxygen atoms in total. The molecule has 3 heterocycles. The van der Waals surface area contributed by atoms with E-state index in [-0.39, 0.29) is 17.4 Å². The second-order valence-corrected chi connectivity index (χ2v) is 11.3. The van der Waals surface area contributed by atoms with Gasteiger partial charge in [0.15, 0.2) is 5.13 Å². The molecule has 2 atom stereocenters. The molecule has 0 spiro atoms. The van der Waals surface area contributed by atoms with Gasteiger partial charge in [-0.25, -0.2) is 4.98 Å². The summed E-state index contributed by atoms with van der Waals surface area (Å²) in [5.41, 5.74) is 4.02. The number of thiazole rings is 1. The van der Waals surface area contributed by atoms with Crippen molar-refractivity contribution in [1.82, 2.24) is 4.98 Å². The standard InChI is InChI=1S/C31H28N2O5S/c1-16(2)18-5-7-19(8-6-18)27-26(28(34)20-9-12-24-21(14-20)13-17(3)38-24)29(35)30(36)33(27)31-32-23-11-10-22(37-4)15-25(23)39-31/h5-12,14-17,27,34H,13H2,1-4H3/t17-,27-/m1/s1. The highest BCUT2D eigenvalue weighted by Crippen LogP contribution is 2.45. The van der Waals surface area contributed by atoms with Crippen molar-refractivity contribution in [2.75, 3.05) is 12.0 Å². The first-order valence-corrected chi connectivity index (χ1v) is 13.7. The molecule has 0 aliphatic carbocycles. The number of hydrogen-bond donors (Lipinski definition) is 1. The topological polar surface area (TPSA) is 89.0 Å². The second kappa shape index (κ2) is 9.54. The number of aliphatic hydroxyl groups excluding tert-OH is 1. The Bertz CT molecular complexity index is 1650. The molecular weight excluding hydrogens is 512 g/mol. The zero-order chi connectivity index (χ0) is 27.4. The molecule has 198 valence electrons. The molecule has 8 heteroatoms. The fraction of sp³-hybridized carbons (Fsp3) is 0.258. The largest absolute Gasteiger partial charge is 0.507 e. The van der Waals surface area contributed by atoms with E-state index < -0.39 is 17.7 Å². The molecule has 4 aromatic rings. The lowest BCUT2D eigenvalue weighted by Gasteiger charge is -2.23. The molecular formula is C31H28N2O5S. The van der Waals surface area contributed by atoms with Crippen LogP contribution in [0.2, 0.25) is 0 Å². The molecule has 0 radical (unpaired) electrons. The summed E-state index contributed by atoms with van der Waals surface area (Å²) < 4.78 is 12.0. The van der Waals surface area contributed by atoms with Crippen LogP contribution in [0, 0.1) is 0 Å². The number of carbonyl (C=O) groups excluding carboxylic acids is 2. The number of benzene rings is 3. The SMILES string of the molecule is COc1ccc2nc(N3C(=O)C(=O)C(=C(O)c4ccc5c(c4)C[C@@H](C)O5)[C@H]3c3ccc(C(C)C)cc3)sc2c1. The van der Waals surface area contributed by atoms with Crippen LogP contribution in [0.3, 0.4) is 0 Å². The molecule has 39 heavy (non-hydrogen) atoms. The van der Waals surface area contributed by atoms with Gasteiger partial charge in [-0.2, -0.15) is 0 Å². The van der Waals surface area contributed by atoms with Crippen LogP contribution in [0.1, 0.15) is 55.0 Å². The molecule has 1 N–H and O–H groups in total. The molecule has 1 saturated heterocycles. The number of Topliss-reactive ketones (excluding diaryl/α,β-unsaturated/α-hetero) is 1. The van der Waals surface area contributed by atoms with Crippen LogP contribution in [0.4, 0.5) is 5.13 Å². The number of aromatic nitrogens is 1. The third-order valence-corrected chi connectivity index (χ3v) is 8.34. The van der Waals surface area contributed by atoms with Gasteiger partial charge in [-0.3, -0.25) is 14.5 Å².